The molecule has 3 amide bonds. The Kier molecular flexibility index (Phi) is 12.0. The Morgan fingerprint density at radius 2 is 1.56 bits per heavy atom. The van der Waals surface area contributed by atoms with Gasteiger partial charge < -0.3 is 34.7 Å². The van der Waals surface area contributed by atoms with E-state index in [4.69, 9.17) is 14.6 Å². The predicted octanol–water partition coefficient (Wildman–Crippen LogP) is 5.69. The second-order valence-electron chi connectivity index (χ2n) is 14.3. The van der Waals surface area contributed by atoms with Crippen LogP contribution in [0.25, 0.3) is 22.3 Å². The lowest BCUT2D eigenvalue weighted by atomic mass is 10.0. The van der Waals surface area contributed by atoms with Gasteiger partial charge in [0.1, 0.15) is 23.7 Å². The zero-order valence-corrected chi connectivity index (χ0v) is 31.6. The molecule has 2 aliphatic rings. The van der Waals surface area contributed by atoms with Crippen molar-refractivity contribution in [2.75, 3.05) is 27.3 Å². The summed E-state index contributed by atoms with van der Waals surface area (Å²) < 4.78 is 4.75. The van der Waals surface area contributed by atoms with E-state index in [2.05, 4.69) is 42.0 Å². The van der Waals surface area contributed by atoms with Gasteiger partial charge in [-0.05, 0) is 73.4 Å². The molecule has 3 N–H and O–H groups in total. The molecule has 0 spiro atoms. The van der Waals surface area contributed by atoms with E-state index in [1.54, 1.807) is 11.1 Å². The summed E-state index contributed by atoms with van der Waals surface area (Å²) in [5.74, 6) is 7.66. The van der Waals surface area contributed by atoms with E-state index in [-0.39, 0.29) is 35.7 Å². The Hall–Kier alpha value is -5.68. The van der Waals surface area contributed by atoms with Crippen LogP contribution in [0.1, 0.15) is 88.2 Å². The Labute approximate surface area is 315 Å². The highest BCUT2D eigenvalue weighted by Crippen LogP contribution is 2.34. The number of methoxy groups -OCH3 is 1. The van der Waals surface area contributed by atoms with Crippen molar-refractivity contribution in [3.05, 3.63) is 71.4 Å². The number of nitrogens with zero attached hydrogens (tertiary/aromatic N) is 5. The quantitative estimate of drug-likeness (QED) is 0.0581. The molecule has 2 aliphatic heterocycles. The summed E-state index contributed by atoms with van der Waals surface area (Å²) in [7, 11) is 2.68. The van der Waals surface area contributed by atoms with Crippen molar-refractivity contribution in [1.82, 2.24) is 35.1 Å². The molecule has 54 heavy (non-hydrogen) atoms. The topological polar surface area (TPSA) is 167 Å². The fraction of sp³-hybridized carbons (Fsp3) is 0.450. The summed E-state index contributed by atoms with van der Waals surface area (Å²) >= 11 is 0. The van der Waals surface area contributed by atoms with Crippen molar-refractivity contribution in [2.24, 2.45) is 16.8 Å². The number of carbonyl (C=O) groups excluding carboxylic acids is 3. The first kappa shape index (κ1) is 38.1. The van der Waals surface area contributed by atoms with Crippen LogP contribution in [0.15, 0.2) is 53.7 Å². The number of carbonyl (C=O) groups is 3. The van der Waals surface area contributed by atoms with Gasteiger partial charge in [0, 0.05) is 24.2 Å². The molecule has 0 aliphatic carbocycles. The number of alkyl carbamates (subject to hydrolysis) is 1. The highest BCUT2D eigenvalue weighted by molar-refractivity contribution is 5.86. The number of hydrogen-bond donors (Lipinski definition) is 3. The molecule has 14 nitrogen and oxygen atoms in total. The van der Waals surface area contributed by atoms with Crippen molar-refractivity contribution in [1.29, 1.82) is 0 Å². The number of likely N-dealkylation sites (tertiary alicyclic amines) is 2. The van der Waals surface area contributed by atoms with Crippen LogP contribution in [0, 0.1) is 23.7 Å². The Morgan fingerprint density at radius 1 is 0.889 bits per heavy atom. The molecule has 0 bridgehead atoms. The zero-order valence-electron chi connectivity index (χ0n) is 31.6. The van der Waals surface area contributed by atoms with Gasteiger partial charge in [-0.3, -0.25) is 9.59 Å². The SMILES string of the molecule is COOC=N[C@@H](C(=O)N1CCC[C@H]1c1nc2ccc(C#Cc3ccc(-c4cnc([C@@H]5CCCN5C(=O)[C@H](NC(=O)OC)C(C)C)[nH]4)cc3)cc2[nH]1)C(C)C. The molecule has 0 unspecified atom stereocenters. The lowest BCUT2D eigenvalue weighted by Gasteiger charge is -2.30. The molecule has 4 atom stereocenters. The van der Waals surface area contributed by atoms with E-state index in [1.165, 1.54) is 20.6 Å². The molecule has 2 fully saturated rings. The third kappa shape index (κ3) is 8.42. The monoisotopic (exact) mass is 736 g/mol. The summed E-state index contributed by atoms with van der Waals surface area (Å²) in [5.41, 5.74) is 5.15. The van der Waals surface area contributed by atoms with Crippen LogP contribution in [0.2, 0.25) is 0 Å². The molecule has 284 valence electrons. The van der Waals surface area contributed by atoms with Gasteiger partial charge in [-0.2, -0.15) is 4.89 Å². The minimum Gasteiger partial charge on any atom is -0.453 e. The van der Waals surface area contributed by atoms with Crippen LogP contribution >= 0.6 is 0 Å². The first-order chi connectivity index (χ1) is 26.1. The van der Waals surface area contributed by atoms with Gasteiger partial charge in [0.25, 0.3) is 0 Å². The number of rotatable bonds is 11. The zero-order chi connectivity index (χ0) is 38.4. The maximum Gasteiger partial charge on any atom is 0.407 e. The number of H-pyrrole nitrogens is 2. The number of benzene rings is 2. The maximum atomic E-state index is 13.5. The molecule has 14 heteroatoms. The molecule has 0 radical (unpaired) electrons. The van der Waals surface area contributed by atoms with Gasteiger partial charge in [0.2, 0.25) is 18.2 Å². The number of imidazole rings is 2. The number of aliphatic imine (C=N–C) groups is 1. The van der Waals surface area contributed by atoms with Crippen LogP contribution in [-0.2, 0) is 24.1 Å². The van der Waals surface area contributed by atoms with E-state index in [9.17, 15) is 14.4 Å². The molecule has 0 saturated carbocycles. The van der Waals surface area contributed by atoms with Crippen LogP contribution in [-0.4, -0.2) is 93.4 Å². The number of nitrogens with one attached hydrogen (secondary N) is 3. The standard InChI is InChI=1S/C40H48N8O6/c1-24(2)34(42-23-54-53-6)38(49)48-20-8-10-33(48)37-43-29-18-15-27(21-30(29)44-37)12-11-26-13-16-28(17-14-26)31-22-41-36(45-31)32-9-7-19-47(32)39(50)35(25(3)4)46-40(51)52-5/h13-18,21-25,32-35H,7-10,19-20H2,1-6H3,(H,41,45)(H,43,44)(H,46,51)/t32-,33-,34+,35+/m0/s1. The average molecular weight is 737 g/mol. The third-order valence-electron chi connectivity index (χ3n) is 9.98. The Morgan fingerprint density at radius 3 is 2.22 bits per heavy atom. The largest absolute Gasteiger partial charge is 0.453 e. The summed E-state index contributed by atoms with van der Waals surface area (Å²) in [6.07, 6.45) is 5.65. The molecule has 2 aromatic heterocycles. The highest BCUT2D eigenvalue weighted by Gasteiger charge is 2.38. The predicted molar refractivity (Wildman–Crippen MR) is 203 cm³/mol. The lowest BCUT2D eigenvalue weighted by molar-refractivity contribution is -0.188. The molecular weight excluding hydrogens is 688 g/mol. The van der Waals surface area contributed by atoms with E-state index in [1.807, 2.05) is 75.1 Å². The van der Waals surface area contributed by atoms with Crippen LogP contribution in [0.4, 0.5) is 4.79 Å². The van der Waals surface area contributed by atoms with Gasteiger partial charge in [-0.25, -0.2) is 19.8 Å². The number of ether oxygens (including phenoxy) is 1. The second-order valence-corrected chi connectivity index (χ2v) is 14.3. The van der Waals surface area contributed by atoms with E-state index in [0.717, 1.165) is 64.9 Å². The molecule has 4 heterocycles. The summed E-state index contributed by atoms with van der Waals surface area (Å²) in [5, 5.41) is 2.69. The molecule has 6 rings (SSSR count). The molecule has 2 saturated heterocycles. The highest BCUT2D eigenvalue weighted by atomic mass is 17.2. The smallest absolute Gasteiger partial charge is 0.407 e. The van der Waals surface area contributed by atoms with Gasteiger partial charge in [0.05, 0.1) is 49.2 Å². The van der Waals surface area contributed by atoms with Crippen LogP contribution in [0.3, 0.4) is 0 Å². The molecule has 4 aromatic rings. The van der Waals surface area contributed by atoms with Gasteiger partial charge in [0.15, 0.2) is 0 Å². The summed E-state index contributed by atoms with van der Waals surface area (Å²) in [6, 6.07) is 12.1. The summed E-state index contributed by atoms with van der Waals surface area (Å²) in [6.45, 7) is 8.94. The van der Waals surface area contributed by atoms with Crippen molar-refractivity contribution in [2.45, 2.75) is 77.5 Å². The minimum absolute atomic E-state index is 0.0173. The first-order valence-electron chi connectivity index (χ1n) is 18.4. The number of hydrogen-bond acceptors (Lipinski definition) is 9. The normalized spacial score (nSPS) is 18.3. The molecule has 2 aromatic carbocycles. The average Bonchev–Trinajstić information content (AvgIpc) is 4.00. The lowest BCUT2D eigenvalue weighted by Crippen LogP contribution is -2.51. The second kappa shape index (κ2) is 17.0. The van der Waals surface area contributed by atoms with Crippen LogP contribution in [0.5, 0.6) is 0 Å². The Balaban J connectivity index is 1.12. The van der Waals surface area contributed by atoms with Crippen molar-refractivity contribution >= 4 is 35.3 Å². The Bertz CT molecular complexity index is 2040. The summed E-state index contributed by atoms with van der Waals surface area (Å²) in [4.78, 5) is 72.7. The van der Waals surface area contributed by atoms with Crippen molar-refractivity contribution in [3.8, 4) is 23.1 Å². The maximum absolute atomic E-state index is 13.5. The van der Waals surface area contributed by atoms with E-state index < -0.39 is 18.2 Å². The number of aromatic amines is 2. The van der Waals surface area contributed by atoms with Crippen LogP contribution < -0.4 is 5.32 Å². The van der Waals surface area contributed by atoms with E-state index >= 15 is 0 Å². The fourth-order valence-electron chi connectivity index (χ4n) is 7.13. The first-order valence-corrected chi connectivity index (χ1v) is 18.4. The van der Waals surface area contributed by atoms with Gasteiger partial charge in [-0.15, -0.1) is 0 Å². The van der Waals surface area contributed by atoms with E-state index in [0.29, 0.717) is 18.9 Å². The number of aromatic nitrogens is 4. The van der Waals surface area contributed by atoms with Crippen molar-refractivity contribution < 1.29 is 28.9 Å². The fourth-order valence-corrected chi connectivity index (χ4v) is 7.13. The third-order valence-corrected chi connectivity index (χ3v) is 9.98. The van der Waals surface area contributed by atoms with Gasteiger partial charge >= 0.3 is 6.09 Å². The minimum atomic E-state index is -0.688. The number of amides is 3. The van der Waals surface area contributed by atoms with Gasteiger partial charge in [-0.1, -0.05) is 51.7 Å². The van der Waals surface area contributed by atoms with Crippen molar-refractivity contribution in [3.63, 3.8) is 0 Å². The molecular formula is C40H48N8O6. The number of fused-ring (bicyclic) bond motifs is 1.